The number of hydrogen-bond donors (Lipinski definition) is 1. The first-order valence-corrected chi connectivity index (χ1v) is 6.98. The maximum absolute atomic E-state index is 10.4. The van der Waals surface area contributed by atoms with Gasteiger partial charge >= 0.3 is 5.97 Å². The molecule has 0 amide bonds. The Morgan fingerprint density at radius 2 is 2.47 bits per heavy atom. The second-order valence-electron chi connectivity index (χ2n) is 3.18. The van der Waals surface area contributed by atoms with Crippen molar-refractivity contribution in [2.45, 2.75) is 31.9 Å². The van der Waals surface area contributed by atoms with Gasteiger partial charge in [-0.1, -0.05) is 6.92 Å². The fourth-order valence-electron chi connectivity index (χ4n) is 1.07. The number of rotatable bonds is 7. The number of aromatic nitrogens is 1. The van der Waals surface area contributed by atoms with Crippen LogP contribution in [-0.4, -0.2) is 21.8 Å². The van der Waals surface area contributed by atoms with Gasteiger partial charge in [0.1, 0.15) is 5.01 Å². The second kappa shape index (κ2) is 6.85. The molecule has 0 aliphatic rings. The molecule has 1 aromatic rings. The van der Waals surface area contributed by atoms with Gasteiger partial charge in [0.15, 0.2) is 0 Å². The zero-order valence-electron chi connectivity index (χ0n) is 8.73. The van der Waals surface area contributed by atoms with E-state index in [1.165, 1.54) is 6.42 Å². The van der Waals surface area contributed by atoms with Crippen molar-refractivity contribution in [2.75, 3.05) is 5.75 Å². The third kappa shape index (κ3) is 5.18. The normalized spacial score (nSPS) is 10.5. The fourth-order valence-corrected chi connectivity index (χ4v) is 2.88. The Labute approximate surface area is 97.9 Å². The highest BCUT2D eigenvalue weighted by Crippen LogP contribution is 2.18. The Morgan fingerprint density at radius 1 is 1.67 bits per heavy atom. The van der Waals surface area contributed by atoms with Crippen molar-refractivity contribution < 1.29 is 9.90 Å². The molecule has 0 aromatic carbocycles. The van der Waals surface area contributed by atoms with E-state index in [-0.39, 0.29) is 6.42 Å². The van der Waals surface area contributed by atoms with E-state index in [0.29, 0.717) is 6.42 Å². The molecule has 0 unspecified atom stereocenters. The monoisotopic (exact) mass is 245 g/mol. The highest BCUT2D eigenvalue weighted by atomic mass is 32.2. The first-order chi connectivity index (χ1) is 7.22. The van der Waals surface area contributed by atoms with Crippen LogP contribution in [0.25, 0.3) is 0 Å². The maximum Gasteiger partial charge on any atom is 0.303 e. The quantitative estimate of drug-likeness (QED) is 0.750. The minimum atomic E-state index is -0.759. The van der Waals surface area contributed by atoms with Crippen LogP contribution in [0.5, 0.6) is 0 Å². The molecule has 0 saturated carbocycles. The average Bonchev–Trinajstić information content (AvgIpc) is 2.63. The predicted molar refractivity (Wildman–Crippen MR) is 64.5 cm³/mol. The Balaban J connectivity index is 2.32. The molecule has 0 fully saturated rings. The third-order valence-corrected chi connectivity index (χ3v) is 4.02. The topological polar surface area (TPSA) is 50.2 Å². The van der Waals surface area contributed by atoms with Crippen LogP contribution in [0.3, 0.4) is 0 Å². The molecule has 3 nitrogen and oxygen atoms in total. The molecule has 0 radical (unpaired) electrons. The SMILES string of the molecule is CCCSCc1nc(CCC(=O)O)cs1. The number of aryl methyl sites for hydroxylation is 1. The summed E-state index contributed by atoms with van der Waals surface area (Å²) in [7, 11) is 0. The molecule has 0 bridgehead atoms. The lowest BCUT2D eigenvalue weighted by atomic mass is 10.2. The highest BCUT2D eigenvalue weighted by molar-refractivity contribution is 7.98. The van der Waals surface area contributed by atoms with Crippen molar-refractivity contribution in [1.82, 2.24) is 4.98 Å². The van der Waals surface area contributed by atoms with E-state index in [9.17, 15) is 4.79 Å². The molecule has 1 N–H and O–H groups in total. The van der Waals surface area contributed by atoms with Gasteiger partial charge in [-0.05, 0) is 12.2 Å². The molecule has 1 aromatic heterocycles. The van der Waals surface area contributed by atoms with Gasteiger partial charge in [-0.25, -0.2) is 4.98 Å². The van der Waals surface area contributed by atoms with Crippen LogP contribution in [0, 0.1) is 0 Å². The van der Waals surface area contributed by atoms with Crippen molar-refractivity contribution in [2.24, 2.45) is 0 Å². The summed E-state index contributed by atoms with van der Waals surface area (Å²) in [5, 5.41) is 11.6. The summed E-state index contributed by atoms with van der Waals surface area (Å²) < 4.78 is 0. The van der Waals surface area contributed by atoms with Crippen LogP contribution in [0.1, 0.15) is 30.5 Å². The van der Waals surface area contributed by atoms with Crippen LogP contribution in [0.2, 0.25) is 0 Å². The molecule has 0 saturated heterocycles. The largest absolute Gasteiger partial charge is 0.481 e. The van der Waals surface area contributed by atoms with E-state index in [1.807, 2.05) is 17.1 Å². The Morgan fingerprint density at radius 3 is 3.13 bits per heavy atom. The molecule has 0 spiro atoms. The van der Waals surface area contributed by atoms with Crippen LogP contribution in [-0.2, 0) is 17.0 Å². The Kier molecular flexibility index (Phi) is 5.71. The molecule has 1 rings (SSSR count). The summed E-state index contributed by atoms with van der Waals surface area (Å²) in [6.45, 7) is 2.16. The maximum atomic E-state index is 10.4. The van der Waals surface area contributed by atoms with E-state index in [1.54, 1.807) is 11.3 Å². The van der Waals surface area contributed by atoms with E-state index in [4.69, 9.17) is 5.11 Å². The van der Waals surface area contributed by atoms with Crippen molar-refractivity contribution >= 4 is 29.1 Å². The van der Waals surface area contributed by atoms with Crippen LogP contribution < -0.4 is 0 Å². The molecular formula is C10H15NO2S2. The summed E-state index contributed by atoms with van der Waals surface area (Å²) in [5.41, 5.74) is 0.912. The second-order valence-corrected chi connectivity index (χ2v) is 5.23. The van der Waals surface area contributed by atoms with Crippen LogP contribution in [0.15, 0.2) is 5.38 Å². The number of aliphatic carboxylic acids is 1. The lowest BCUT2D eigenvalue weighted by molar-refractivity contribution is -0.136. The van der Waals surface area contributed by atoms with E-state index in [0.717, 1.165) is 22.2 Å². The number of thioether (sulfide) groups is 1. The van der Waals surface area contributed by atoms with Gasteiger partial charge < -0.3 is 5.11 Å². The van der Waals surface area contributed by atoms with E-state index in [2.05, 4.69) is 11.9 Å². The van der Waals surface area contributed by atoms with Gasteiger partial charge in [-0.15, -0.1) is 11.3 Å². The van der Waals surface area contributed by atoms with Gasteiger partial charge in [-0.2, -0.15) is 11.8 Å². The number of nitrogens with zero attached hydrogens (tertiary/aromatic N) is 1. The van der Waals surface area contributed by atoms with Gasteiger partial charge in [-0.3, -0.25) is 4.79 Å². The minimum absolute atomic E-state index is 0.172. The van der Waals surface area contributed by atoms with Crippen molar-refractivity contribution in [3.63, 3.8) is 0 Å². The number of hydrogen-bond acceptors (Lipinski definition) is 4. The average molecular weight is 245 g/mol. The first-order valence-electron chi connectivity index (χ1n) is 4.95. The molecule has 0 atom stereocenters. The first kappa shape index (κ1) is 12.5. The summed E-state index contributed by atoms with van der Waals surface area (Å²) in [6.07, 6.45) is 1.90. The highest BCUT2D eigenvalue weighted by Gasteiger charge is 2.04. The van der Waals surface area contributed by atoms with Crippen molar-refractivity contribution in [3.8, 4) is 0 Å². The lowest BCUT2D eigenvalue weighted by Crippen LogP contribution is -1.97. The summed E-state index contributed by atoms with van der Waals surface area (Å²) in [5.74, 6) is 1.35. The minimum Gasteiger partial charge on any atom is -0.481 e. The molecule has 15 heavy (non-hydrogen) atoms. The van der Waals surface area contributed by atoms with Gasteiger partial charge in [0.2, 0.25) is 0 Å². The van der Waals surface area contributed by atoms with Crippen molar-refractivity contribution in [1.29, 1.82) is 0 Å². The molecular weight excluding hydrogens is 230 g/mol. The smallest absolute Gasteiger partial charge is 0.303 e. The summed E-state index contributed by atoms with van der Waals surface area (Å²) in [4.78, 5) is 14.8. The van der Waals surface area contributed by atoms with Gasteiger partial charge in [0, 0.05) is 17.6 Å². The summed E-state index contributed by atoms with van der Waals surface area (Å²) in [6, 6.07) is 0. The van der Waals surface area contributed by atoms with E-state index >= 15 is 0 Å². The predicted octanol–water partition coefficient (Wildman–Crippen LogP) is 2.80. The Bertz CT molecular complexity index is 312. The number of carbonyl (C=O) groups is 1. The number of thiazole rings is 1. The lowest BCUT2D eigenvalue weighted by Gasteiger charge is -1.94. The van der Waals surface area contributed by atoms with Crippen LogP contribution >= 0.6 is 23.1 Å². The number of carboxylic acids is 1. The van der Waals surface area contributed by atoms with Gasteiger partial charge in [0.25, 0.3) is 0 Å². The fraction of sp³-hybridized carbons (Fsp3) is 0.600. The molecule has 0 aliphatic heterocycles. The van der Waals surface area contributed by atoms with Gasteiger partial charge in [0.05, 0.1) is 12.1 Å². The zero-order valence-corrected chi connectivity index (χ0v) is 10.4. The van der Waals surface area contributed by atoms with Crippen LogP contribution in [0.4, 0.5) is 0 Å². The number of carboxylic acid groups (broad SMARTS) is 1. The molecule has 84 valence electrons. The summed E-state index contributed by atoms with van der Waals surface area (Å²) >= 11 is 3.50. The van der Waals surface area contributed by atoms with E-state index < -0.39 is 5.97 Å². The van der Waals surface area contributed by atoms with Crippen molar-refractivity contribution in [3.05, 3.63) is 16.1 Å². The Hall–Kier alpha value is -0.550. The molecule has 5 heteroatoms. The molecule has 1 heterocycles. The zero-order chi connectivity index (χ0) is 11.1. The standard InChI is InChI=1S/C10H15NO2S2/c1-2-5-14-7-9-11-8(6-15-9)3-4-10(12)13/h6H,2-5,7H2,1H3,(H,12,13). The molecule has 0 aliphatic carbocycles. The third-order valence-electron chi connectivity index (χ3n) is 1.77.